The van der Waals surface area contributed by atoms with Crippen molar-refractivity contribution in [3.8, 4) is 0 Å². The van der Waals surface area contributed by atoms with Gasteiger partial charge in [0.1, 0.15) is 0 Å². The first-order valence-electron chi connectivity index (χ1n) is 8.78. The Bertz CT molecular complexity index is 575. The average molecular weight is 319 g/mol. The number of nitrogens with two attached hydrogens (primary N) is 1. The molecule has 1 unspecified atom stereocenters. The lowest BCUT2D eigenvalue weighted by Crippen LogP contribution is -3.11. The number of benzene rings is 1. The van der Waals surface area contributed by atoms with Crippen molar-refractivity contribution >= 4 is 11.6 Å². The number of fused-ring (bicyclic) bond motifs is 3. The molecule has 4 N–H and O–H groups in total. The zero-order valence-corrected chi connectivity index (χ0v) is 14.2. The first kappa shape index (κ1) is 16.4. The molecule has 126 valence electrons. The molecule has 0 spiro atoms. The van der Waals surface area contributed by atoms with E-state index in [0.717, 1.165) is 38.2 Å². The highest BCUT2D eigenvalue weighted by Gasteiger charge is 2.45. The molecule has 1 saturated heterocycles. The second kappa shape index (κ2) is 6.99. The number of rotatable bonds is 5. The fourth-order valence-corrected chi connectivity index (χ4v) is 4.08. The number of hydrogen-bond acceptors (Lipinski definition) is 2. The standard InChI is InChI=1S/C18H27N3O2/c1-13-4-5-16-14(10-13)15-12-20(2)8-6-17(15)21(16)18(23)11-19-7-3-9-22/h4-5,10,15,17,19,22H,3,6-9,11-12H2,1-2H3/p+2/t15-,17-/m0/s1. The van der Waals surface area contributed by atoms with Crippen molar-refractivity contribution in [1.82, 2.24) is 0 Å². The van der Waals surface area contributed by atoms with Gasteiger partial charge in [-0.25, -0.2) is 0 Å². The molecule has 0 bridgehead atoms. The minimum absolute atomic E-state index is 0.191. The van der Waals surface area contributed by atoms with E-state index in [9.17, 15) is 4.79 Å². The van der Waals surface area contributed by atoms with E-state index >= 15 is 0 Å². The average Bonchev–Trinajstić information content (AvgIpc) is 2.84. The number of amides is 1. The summed E-state index contributed by atoms with van der Waals surface area (Å²) in [5.74, 6) is 0.681. The van der Waals surface area contributed by atoms with Gasteiger partial charge in [-0.05, 0) is 18.6 Å². The molecule has 2 aliphatic heterocycles. The van der Waals surface area contributed by atoms with Gasteiger partial charge in [0.2, 0.25) is 0 Å². The summed E-state index contributed by atoms with van der Waals surface area (Å²) >= 11 is 0. The van der Waals surface area contributed by atoms with Gasteiger partial charge in [0.15, 0.2) is 6.54 Å². The zero-order valence-electron chi connectivity index (χ0n) is 14.2. The van der Waals surface area contributed by atoms with Crippen molar-refractivity contribution in [3.05, 3.63) is 29.3 Å². The van der Waals surface area contributed by atoms with Gasteiger partial charge < -0.3 is 20.2 Å². The number of likely N-dealkylation sites (N-methyl/N-ethyl adjacent to an activating group) is 1. The number of nitrogens with one attached hydrogen (secondary N) is 1. The van der Waals surface area contributed by atoms with E-state index in [0.29, 0.717) is 18.5 Å². The highest BCUT2D eigenvalue weighted by Crippen LogP contribution is 2.42. The Labute approximate surface area is 138 Å². The lowest BCUT2D eigenvalue weighted by atomic mass is 9.89. The molecule has 0 saturated carbocycles. The number of aryl methyl sites for hydroxylation is 1. The van der Waals surface area contributed by atoms with Crippen LogP contribution in [0.2, 0.25) is 0 Å². The SMILES string of the molecule is Cc1ccc2c(c1)[C@@H]1C[NH+](C)CC[C@@H]1N2C(=O)C[NH2+]CCCO. The largest absolute Gasteiger partial charge is 0.396 e. The van der Waals surface area contributed by atoms with E-state index in [2.05, 4.69) is 37.1 Å². The minimum Gasteiger partial charge on any atom is -0.396 e. The molecule has 0 aromatic heterocycles. The third-order valence-corrected chi connectivity index (χ3v) is 5.23. The summed E-state index contributed by atoms with van der Waals surface area (Å²) in [6, 6.07) is 6.84. The van der Waals surface area contributed by atoms with Crippen LogP contribution in [0.1, 0.15) is 29.9 Å². The van der Waals surface area contributed by atoms with Gasteiger partial charge in [-0.2, -0.15) is 0 Å². The smallest absolute Gasteiger partial charge is 0.282 e. The molecule has 23 heavy (non-hydrogen) atoms. The monoisotopic (exact) mass is 319 g/mol. The molecule has 2 aliphatic rings. The van der Waals surface area contributed by atoms with E-state index < -0.39 is 0 Å². The van der Waals surface area contributed by atoms with E-state index in [1.54, 1.807) is 4.90 Å². The maximum atomic E-state index is 12.8. The van der Waals surface area contributed by atoms with Gasteiger partial charge in [-0.15, -0.1) is 0 Å². The summed E-state index contributed by atoms with van der Waals surface area (Å²) in [5, 5.41) is 10.9. The van der Waals surface area contributed by atoms with E-state index in [1.807, 2.05) is 5.32 Å². The number of aliphatic hydroxyl groups excluding tert-OH is 1. The van der Waals surface area contributed by atoms with E-state index in [-0.39, 0.29) is 12.5 Å². The van der Waals surface area contributed by atoms with Crippen molar-refractivity contribution in [2.45, 2.75) is 31.7 Å². The summed E-state index contributed by atoms with van der Waals surface area (Å²) in [4.78, 5) is 16.4. The quantitative estimate of drug-likeness (QED) is 0.588. The Kier molecular flexibility index (Phi) is 4.99. The van der Waals surface area contributed by atoms with Crippen LogP contribution in [-0.4, -0.2) is 56.9 Å². The number of piperidine rings is 1. The fraction of sp³-hybridized carbons (Fsp3) is 0.611. The van der Waals surface area contributed by atoms with Crippen LogP contribution in [0.25, 0.3) is 0 Å². The Morgan fingerprint density at radius 1 is 1.48 bits per heavy atom. The predicted octanol–water partition coefficient (Wildman–Crippen LogP) is -1.34. The minimum atomic E-state index is 0.191. The number of likely N-dealkylation sites (tertiary alicyclic amines) is 1. The van der Waals surface area contributed by atoms with Gasteiger partial charge in [-0.3, -0.25) is 4.79 Å². The molecule has 0 radical (unpaired) electrons. The van der Waals surface area contributed by atoms with Crippen LogP contribution in [0.4, 0.5) is 5.69 Å². The van der Waals surface area contributed by atoms with Gasteiger partial charge >= 0.3 is 0 Å². The van der Waals surface area contributed by atoms with Crippen LogP contribution in [0.3, 0.4) is 0 Å². The normalized spacial score (nSPS) is 26.0. The van der Waals surface area contributed by atoms with Crippen LogP contribution < -0.4 is 15.1 Å². The predicted molar refractivity (Wildman–Crippen MR) is 89.8 cm³/mol. The van der Waals surface area contributed by atoms with Crippen LogP contribution in [0, 0.1) is 6.92 Å². The second-order valence-electron chi connectivity index (χ2n) is 7.06. The molecule has 1 aromatic carbocycles. The molecular weight excluding hydrogens is 290 g/mol. The molecule has 2 heterocycles. The topological polar surface area (TPSA) is 61.6 Å². The molecule has 5 nitrogen and oxygen atoms in total. The second-order valence-corrected chi connectivity index (χ2v) is 7.06. The van der Waals surface area contributed by atoms with Crippen molar-refractivity contribution in [2.75, 3.05) is 44.7 Å². The zero-order chi connectivity index (χ0) is 16.4. The van der Waals surface area contributed by atoms with Gasteiger partial charge in [0.05, 0.1) is 38.6 Å². The van der Waals surface area contributed by atoms with Crippen molar-refractivity contribution in [1.29, 1.82) is 0 Å². The summed E-state index contributed by atoms with van der Waals surface area (Å²) in [7, 11) is 2.25. The molecule has 0 aliphatic carbocycles. The number of carbonyl (C=O) groups is 1. The molecule has 3 atom stereocenters. The number of quaternary nitrogens is 2. The number of hydrogen-bond donors (Lipinski definition) is 3. The van der Waals surface area contributed by atoms with Crippen LogP contribution >= 0.6 is 0 Å². The van der Waals surface area contributed by atoms with Crippen LogP contribution in [0.5, 0.6) is 0 Å². The third-order valence-electron chi connectivity index (χ3n) is 5.23. The summed E-state index contributed by atoms with van der Waals surface area (Å²) in [5.41, 5.74) is 3.76. The molecular formula is C18H29N3O2+2. The maximum Gasteiger partial charge on any atom is 0.282 e. The maximum absolute atomic E-state index is 12.8. The summed E-state index contributed by atoms with van der Waals surface area (Å²) < 4.78 is 0. The first-order valence-corrected chi connectivity index (χ1v) is 8.78. The molecule has 1 aromatic rings. The number of anilines is 1. The first-order chi connectivity index (χ1) is 11.1. The van der Waals surface area contributed by atoms with Crippen LogP contribution in [-0.2, 0) is 4.79 Å². The van der Waals surface area contributed by atoms with E-state index in [4.69, 9.17) is 5.11 Å². The van der Waals surface area contributed by atoms with Crippen molar-refractivity contribution in [3.63, 3.8) is 0 Å². The lowest BCUT2D eigenvalue weighted by molar-refractivity contribution is -0.886. The number of nitrogens with zero attached hydrogens (tertiary/aromatic N) is 1. The van der Waals surface area contributed by atoms with Crippen LogP contribution in [0.15, 0.2) is 18.2 Å². The Morgan fingerprint density at radius 2 is 2.30 bits per heavy atom. The highest BCUT2D eigenvalue weighted by molar-refractivity contribution is 5.97. The van der Waals surface area contributed by atoms with Gasteiger partial charge in [0.25, 0.3) is 5.91 Å². The molecule has 5 heteroatoms. The third kappa shape index (κ3) is 3.27. The Hall–Kier alpha value is -1.43. The molecule has 1 amide bonds. The summed E-state index contributed by atoms with van der Waals surface area (Å²) in [6.07, 6.45) is 1.82. The van der Waals surface area contributed by atoms with Crippen molar-refractivity contribution < 1.29 is 20.1 Å². The van der Waals surface area contributed by atoms with E-state index in [1.165, 1.54) is 11.1 Å². The molecule has 1 fully saturated rings. The Balaban J connectivity index is 1.81. The van der Waals surface area contributed by atoms with Crippen molar-refractivity contribution in [2.24, 2.45) is 0 Å². The fourth-order valence-electron chi connectivity index (χ4n) is 4.08. The van der Waals surface area contributed by atoms with Gasteiger partial charge in [-0.1, -0.05) is 17.7 Å². The van der Waals surface area contributed by atoms with Gasteiger partial charge in [0, 0.05) is 25.1 Å². The molecule has 3 rings (SSSR count). The highest BCUT2D eigenvalue weighted by atomic mass is 16.3. The number of aliphatic hydroxyl groups is 1. The number of carbonyl (C=O) groups excluding carboxylic acids is 1. The lowest BCUT2D eigenvalue weighted by Gasteiger charge is -2.34. The Morgan fingerprint density at radius 3 is 3.09 bits per heavy atom. The summed E-state index contributed by atoms with van der Waals surface area (Å²) in [6.45, 7) is 5.83.